The standard InChI is InChI=1S/C16H19N3O/c1-9-4-10(2)6-12(5-9)17-16-15-13(18-19-16)7-11(3)8-14(15)20/h4-6,11H,7-8H2,1-3H3,(H2,17,18,19). The van der Waals surface area contributed by atoms with Crippen LogP contribution in [0.3, 0.4) is 0 Å². The van der Waals surface area contributed by atoms with Gasteiger partial charge in [-0.2, -0.15) is 5.10 Å². The molecule has 0 saturated carbocycles. The van der Waals surface area contributed by atoms with Crippen LogP contribution in [-0.2, 0) is 6.42 Å². The molecule has 2 N–H and O–H groups in total. The van der Waals surface area contributed by atoms with Crippen molar-refractivity contribution >= 4 is 17.3 Å². The van der Waals surface area contributed by atoms with Crippen molar-refractivity contribution in [1.82, 2.24) is 10.2 Å². The maximum atomic E-state index is 12.2. The first kappa shape index (κ1) is 12.9. The molecule has 1 atom stereocenters. The Morgan fingerprint density at radius 3 is 2.60 bits per heavy atom. The maximum Gasteiger partial charge on any atom is 0.168 e. The number of anilines is 2. The van der Waals surface area contributed by atoms with Gasteiger partial charge in [0.2, 0.25) is 0 Å². The van der Waals surface area contributed by atoms with E-state index in [0.29, 0.717) is 18.2 Å². The average molecular weight is 269 g/mol. The number of H-pyrrole nitrogens is 1. The van der Waals surface area contributed by atoms with Crippen LogP contribution in [0.2, 0.25) is 0 Å². The van der Waals surface area contributed by atoms with Crippen molar-refractivity contribution in [2.24, 2.45) is 5.92 Å². The Morgan fingerprint density at radius 1 is 1.20 bits per heavy atom. The molecule has 0 saturated heterocycles. The predicted molar refractivity (Wildman–Crippen MR) is 79.6 cm³/mol. The summed E-state index contributed by atoms with van der Waals surface area (Å²) in [6.07, 6.45) is 1.50. The molecule has 20 heavy (non-hydrogen) atoms. The highest BCUT2D eigenvalue weighted by Gasteiger charge is 2.27. The molecule has 1 heterocycles. The van der Waals surface area contributed by atoms with E-state index < -0.39 is 0 Å². The fraction of sp³-hybridized carbons (Fsp3) is 0.375. The number of Topliss-reactive ketones (excluding diaryl/α,β-unsaturated/α-hetero) is 1. The van der Waals surface area contributed by atoms with Gasteiger partial charge in [0.1, 0.15) is 0 Å². The van der Waals surface area contributed by atoms with Crippen molar-refractivity contribution in [3.8, 4) is 0 Å². The Bertz CT molecular complexity index is 652. The predicted octanol–water partition coefficient (Wildman–Crippen LogP) is 3.54. The van der Waals surface area contributed by atoms with Crippen molar-refractivity contribution in [2.75, 3.05) is 5.32 Å². The lowest BCUT2D eigenvalue weighted by molar-refractivity contribution is 0.0954. The van der Waals surface area contributed by atoms with Gasteiger partial charge < -0.3 is 5.32 Å². The van der Waals surface area contributed by atoms with Gasteiger partial charge in [-0.05, 0) is 49.4 Å². The largest absolute Gasteiger partial charge is 0.338 e. The smallest absolute Gasteiger partial charge is 0.168 e. The monoisotopic (exact) mass is 269 g/mol. The Kier molecular flexibility index (Phi) is 3.08. The molecular formula is C16H19N3O. The van der Waals surface area contributed by atoms with Crippen molar-refractivity contribution in [1.29, 1.82) is 0 Å². The summed E-state index contributed by atoms with van der Waals surface area (Å²) in [6, 6.07) is 6.24. The molecule has 0 spiro atoms. The summed E-state index contributed by atoms with van der Waals surface area (Å²) in [6.45, 7) is 6.22. The van der Waals surface area contributed by atoms with Gasteiger partial charge in [-0.25, -0.2) is 0 Å². The normalized spacial score (nSPS) is 17.9. The first-order chi connectivity index (χ1) is 9.52. The number of carbonyl (C=O) groups excluding carboxylic acids is 1. The molecule has 2 aromatic rings. The topological polar surface area (TPSA) is 57.8 Å². The van der Waals surface area contributed by atoms with Crippen LogP contribution in [-0.4, -0.2) is 16.0 Å². The number of hydrogen-bond acceptors (Lipinski definition) is 3. The van der Waals surface area contributed by atoms with Gasteiger partial charge >= 0.3 is 0 Å². The van der Waals surface area contributed by atoms with Crippen molar-refractivity contribution < 1.29 is 4.79 Å². The minimum atomic E-state index is 0.180. The van der Waals surface area contributed by atoms with E-state index in [1.807, 2.05) is 0 Å². The van der Waals surface area contributed by atoms with Gasteiger partial charge in [0.25, 0.3) is 0 Å². The number of hydrogen-bond donors (Lipinski definition) is 2. The molecule has 1 aliphatic rings. The first-order valence-electron chi connectivity index (χ1n) is 6.98. The van der Waals surface area contributed by atoms with Crippen molar-refractivity contribution in [3.63, 3.8) is 0 Å². The minimum Gasteiger partial charge on any atom is -0.338 e. The Balaban J connectivity index is 1.94. The quantitative estimate of drug-likeness (QED) is 0.876. The zero-order chi connectivity index (χ0) is 14.3. The van der Waals surface area contributed by atoms with Gasteiger partial charge in [0.05, 0.1) is 5.56 Å². The van der Waals surface area contributed by atoms with Crippen LogP contribution in [0.25, 0.3) is 0 Å². The summed E-state index contributed by atoms with van der Waals surface area (Å²) in [5, 5.41) is 10.6. The number of nitrogens with one attached hydrogen (secondary N) is 2. The van der Waals surface area contributed by atoms with Crippen LogP contribution in [0.4, 0.5) is 11.5 Å². The molecule has 0 fully saturated rings. The third kappa shape index (κ3) is 2.33. The zero-order valence-electron chi connectivity index (χ0n) is 12.1. The van der Waals surface area contributed by atoms with Crippen LogP contribution < -0.4 is 5.32 Å². The average Bonchev–Trinajstić information content (AvgIpc) is 2.70. The lowest BCUT2D eigenvalue weighted by Gasteiger charge is -2.17. The van der Waals surface area contributed by atoms with Crippen LogP contribution in [0, 0.1) is 19.8 Å². The number of carbonyl (C=O) groups is 1. The molecule has 4 nitrogen and oxygen atoms in total. The van der Waals surface area contributed by atoms with Gasteiger partial charge in [0.15, 0.2) is 11.6 Å². The van der Waals surface area contributed by atoms with Crippen molar-refractivity contribution in [3.05, 3.63) is 40.6 Å². The van der Waals surface area contributed by atoms with Crippen LogP contribution >= 0.6 is 0 Å². The number of ketones is 1. The van der Waals surface area contributed by atoms with E-state index in [1.54, 1.807) is 0 Å². The summed E-state index contributed by atoms with van der Waals surface area (Å²) in [5.74, 6) is 1.23. The number of fused-ring (bicyclic) bond motifs is 1. The fourth-order valence-electron chi connectivity index (χ4n) is 2.94. The van der Waals surface area contributed by atoms with Gasteiger partial charge in [-0.1, -0.05) is 13.0 Å². The highest BCUT2D eigenvalue weighted by atomic mass is 16.1. The molecule has 0 amide bonds. The molecule has 0 aliphatic heterocycles. The third-order valence-corrected chi connectivity index (χ3v) is 3.69. The van der Waals surface area contributed by atoms with Gasteiger partial charge in [-0.15, -0.1) is 0 Å². The summed E-state index contributed by atoms with van der Waals surface area (Å²) in [7, 11) is 0. The van der Waals surface area contributed by atoms with E-state index in [4.69, 9.17) is 0 Å². The van der Waals surface area contributed by atoms with E-state index in [-0.39, 0.29) is 5.78 Å². The summed E-state index contributed by atoms with van der Waals surface area (Å²) < 4.78 is 0. The molecule has 1 unspecified atom stereocenters. The second kappa shape index (κ2) is 4.78. The van der Waals surface area contributed by atoms with Gasteiger partial charge in [0, 0.05) is 17.8 Å². The molecular weight excluding hydrogens is 250 g/mol. The third-order valence-electron chi connectivity index (χ3n) is 3.69. The number of benzene rings is 1. The lowest BCUT2D eigenvalue weighted by atomic mass is 9.88. The SMILES string of the molecule is Cc1cc(C)cc(Nc2n[nH]c3c2C(=O)CC(C)C3)c1. The molecule has 0 radical (unpaired) electrons. The maximum absolute atomic E-state index is 12.2. The summed E-state index contributed by atoms with van der Waals surface area (Å²) >= 11 is 0. The first-order valence-corrected chi connectivity index (χ1v) is 6.98. The number of aromatic amines is 1. The highest BCUT2D eigenvalue weighted by molar-refractivity contribution is 6.03. The van der Waals surface area contributed by atoms with E-state index >= 15 is 0 Å². The summed E-state index contributed by atoms with van der Waals surface area (Å²) in [4.78, 5) is 12.2. The van der Waals surface area contributed by atoms with Gasteiger partial charge in [-0.3, -0.25) is 9.89 Å². The Morgan fingerprint density at radius 2 is 1.90 bits per heavy atom. The minimum absolute atomic E-state index is 0.180. The van der Waals surface area contributed by atoms with Crippen LogP contribution in [0.1, 0.15) is 40.5 Å². The second-order valence-corrected chi connectivity index (χ2v) is 5.86. The number of nitrogens with zero attached hydrogens (tertiary/aromatic N) is 1. The Hall–Kier alpha value is -2.10. The Labute approximate surface area is 118 Å². The van der Waals surface area contributed by atoms with E-state index in [1.165, 1.54) is 11.1 Å². The molecule has 104 valence electrons. The van der Waals surface area contributed by atoms with E-state index in [2.05, 4.69) is 54.5 Å². The molecule has 1 aromatic heterocycles. The summed E-state index contributed by atoms with van der Waals surface area (Å²) in [5.41, 5.74) is 5.06. The molecule has 3 rings (SSSR count). The molecule has 1 aliphatic carbocycles. The van der Waals surface area contributed by atoms with Crippen molar-refractivity contribution in [2.45, 2.75) is 33.6 Å². The molecule has 0 bridgehead atoms. The second-order valence-electron chi connectivity index (χ2n) is 5.86. The number of aromatic nitrogens is 2. The lowest BCUT2D eigenvalue weighted by Crippen LogP contribution is -2.17. The van der Waals surface area contributed by atoms with Crippen LogP contribution in [0.15, 0.2) is 18.2 Å². The number of rotatable bonds is 2. The van der Waals surface area contributed by atoms with E-state index in [0.717, 1.165) is 23.4 Å². The number of aryl methyl sites for hydroxylation is 2. The molecule has 1 aromatic carbocycles. The molecule has 4 heteroatoms. The fourth-order valence-corrected chi connectivity index (χ4v) is 2.94. The highest BCUT2D eigenvalue weighted by Crippen LogP contribution is 2.30. The van der Waals surface area contributed by atoms with E-state index in [9.17, 15) is 4.79 Å². The van der Waals surface area contributed by atoms with Crippen LogP contribution in [0.5, 0.6) is 0 Å². The zero-order valence-corrected chi connectivity index (χ0v) is 12.1.